The molecular formula is C12H9BrF2N4O4. The predicted octanol–water partition coefficient (Wildman–Crippen LogP) is 3.39. The third kappa shape index (κ3) is 4.85. The van der Waals surface area contributed by atoms with E-state index in [9.17, 15) is 29.0 Å². The van der Waals surface area contributed by atoms with Gasteiger partial charge in [-0.25, -0.2) is 8.78 Å². The first-order chi connectivity index (χ1) is 10.6. The van der Waals surface area contributed by atoms with Crippen molar-refractivity contribution in [3.05, 3.63) is 66.7 Å². The molecule has 0 amide bonds. The number of hydrogen-bond donors (Lipinski definition) is 2. The molecule has 0 bridgehead atoms. The molecule has 4 N–H and O–H groups in total. The molecule has 122 valence electrons. The summed E-state index contributed by atoms with van der Waals surface area (Å²) in [6.07, 6.45) is 0. The third-order valence-corrected chi connectivity index (χ3v) is 3.11. The number of nitro benzene ring substituents is 2. The van der Waals surface area contributed by atoms with Gasteiger partial charge in [0, 0.05) is 0 Å². The minimum absolute atomic E-state index is 0.0311. The van der Waals surface area contributed by atoms with E-state index < -0.39 is 32.9 Å². The summed E-state index contributed by atoms with van der Waals surface area (Å²) in [5.74, 6) is -1.35. The first kappa shape index (κ1) is 18.2. The molecule has 2 aromatic carbocycles. The summed E-state index contributed by atoms with van der Waals surface area (Å²) in [6.45, 7) is 0. The lowest BCUT2D eigenvalue weighted by molar-refractivity contribution is -0.384. The second kappa shape index (κ2) is 7.45. The fourth-order valence-electron chi connectivity index (χ4n) is 1.40. The van der Waals surface area contributed by atoms with Crippen LogP contribution in [0.5, 0.6) is 0 Å². The van der Waals surface area contributed by atoms with Gasteiger partial charge >= 0.3 is 0 Å². The van der Waals surface area contributed by atoms with Crippen LogP contribution in [-0.4, -0.2) is 9.85 Å². The van der Waals surface area contributed by atoms with Crippen molar-refractivity contribution in [1.29, 1.82) is 0 Å². The summed E-state index contributed by atoms with van der Waals surface area (Å²) in [5, 5.41) is 20.4. The smallest absolute Gasteiger partial charge is 0.296 e. The fourth-order valence-corrected chi connectivity index (χ4v) is 1.82. The number of nitrogens with two attached hydrogens (primary N) is 2. The number of nitrogen functional groups attached to an aromatic ring is 2. The van der Waals surface area contributed by atoms with Crippen molar-refractivity contribution in [2.45, 2.75) is 0 Å². The summed E-state index contributed by atoms with van der Waals surface area (Å²) in [7, 11) is 0. The monoisotopic (exact) mass is 390 g/mol. The minimum atomic E-state index is -0.733. The molecule has 8 nitrogen and oxygen atoms in total. The van der Waals surface area contributed by atoms with Crippen molar-refractivity contribution in [2.24, 2.45) is 0 Å². The molecule has 0 saturated heterocycles. The summed E-state index contributed by atoms with van der Waals surface area (Å²) in [4.78, 5) is 18.9. The molecule has 0 radical (unpaired) electrons. The van der Waals surface area contributed by atoms with E-state index in [1.165, 1.54) is 0 Å². The van der Waals surface area contributed by atoms with Gasteiger partial charge in [-0.1, -0.05) is 0 Å². The van der Waals surface area contributed by atoms with Crippen molar-refractivity contribution in [2.75, 3.05) is 11.5 Å². The van der Waals surface area contributed by atoms with Gasteiger partial charge in [-0.3, -0.25) is 20.2 Å². The van der Waals surface area contributed by atoms with Crippen molar-refractivity contribution >= 4 is 38.7 Å². The first-order valence-electron chi connectivity index (χ1n) is 5.71. The first-order valence-corrected chi connectivity index (χ1v) is 6.51. The number of hydrogen-bond acceptors (Lipinski definition) is 6. The number of rotatable bonds is 2. The molecule has 2 aromatic rings. The van der Waals surface area contributed by atoms with Crippen LogP contribution >= 0.6 is 15.9 Å². The maximum absolute atomic E-state index is 12.6. The Morgan fingerprint density at radius 1 is 0.913 bits per heavy atom. The minimum Gasteiger partial charge on any atom is -0.393 e. The molecule has 0 unspecified atom stereocenters. The van der Waals surface area contributed by atoms with Crippen LogP contribution in [0, 0.1) is 31.9 Å². The zero-order valence-electron chi connectivity index (χ0n) is 11.2. The molecule has 0 aliphatic rings. The Morgan fingerprint density at radius 2 is 1.43 bits per heavy atom. The molecule has 0 aromatic heterocycles. The Balaban J connectivity index is 0.000000231. The van der Waals surface area contributed by atoms with Gasteiger partial charge in [0.1, 0.15) is 23.0 Å². The van der Waals surface area contributed by atoms with Crippen molar-refractivity contribution in [3.63, 3.8) is 0 Å². The van der Waals surface area contributed by atoms with Gasteiger partial charge in [0.25, 0.3) is 11.4 Å². The molecule has 2 rings (SSSR count). The largest absolute Gasteiger partial charge is 0.393 e. The maximum atomic E-state index is 12.6. The SMILES string of the molecule is Nc1c(Br)cc(F)cc1[N+](=O)[O-].Nc1ccc(F)cc1[N+](=O)[O-]. The molecule has 0 fully saturated rings. The second-order valence-electron chi connectivity index (χ2n) is 4.04. The van der Waals surface area contributed by atoms with E-state index in [2.05, 4.69) is 15.9 Å². The van der Waals surface area contributed by atoms with E-state index in [1.54, 1.807) is 0 Å². The van der Waals surface area contributed by atoms with Gasteiger partial charge < -0.3 is 11.5 Å². The number of anilines is 2. The normalized spacial score (nSPS) is 9.70. The lowest BCUT2D eigenvalue weighted by atomic mass is 10.3. The molecule has 11 heteroatoms. The molecule has 0 aliphatic heterocycles. The highest BCUT2D eigenvalue weighted by molar-refractivity contribution is 9.10. The molecule has 0 aliphatic carbocycles. The van der Waals surface area contributed by atoms with Gasteiger partial charge in [-0.05, 0) is 34.1 Å². The quantitative estimate of drug-likeness (QED) is 0.457. The number of halogens is 3. The van der Waals surface area contributed by atoms with Crippen LogP contribution in [0.3, 0.4) is 0 Å². The van der Waals surface area contributed by atoms with E-state index >= 15 is 0 Å². The molecule has 0 atom stereocenters. The van der Waals surface area contributed by atoms with Crippen molar-refractivity contribution in [3.8, 4) is 0 Å². The second-order valence-corrected chi connectivity index (χ2v) is 4.89. The average molecular weight is 391 g/mol. The van der Waals surface area contributed by atoms with E-state index in [1.807, 2.05) is 0 Å². The van der Waals surface area contributed by atoms with Gasteiger partial charge in [0.05, 0.1) is 26.5 Å². The van der Waals surface area contributed by atoms with Crippen LogP contribution in [0.25, 0.3) is 0 Å². The summed E-state index contributed by atoms with van der Waals surface area (Å²) in [6, 6.07) is 4.87. The summed E-state index contributed by atoms with van der Waals surface area (Å²) < 4.78 is 25.1. The maximum Gasteiger partial charge on any atom is 0.296 e. The molecular weight excluding hydrogens is 382 g/mol. The lowest BCUT2D eigenvalue weighted by Gasteiger charge is -1.99. The molecule has 0 spiro atoms. The van der Waals surface area contributed by atoms with E-state index in [0.717, 1.165) is 30.3 Å². The number of nitrogens with zero attached hydrogens (tertiary/aromatic N) is 2. The predicted molar refractivity (Wildman–Crippen MR) is 82.6 cm³/mol. The van der Waals surface area contributed by atoms with Crippen LogP contribution in [0.2, 0.25) is 0 Å². The van der Waals surface area contributed by atoms with Crippen LogP contribution in [-0.2, 0) is 0 Å². The Hall–Kier alpha value is -2.82. The van der Waals surface area contributed by atoms with Crippen LogP contribution < -0.4 is 11.5 Å². The zero-order valence-corrected chi connectivity index (χ0v) is 12.8. The molecule has 0 saturated carbocycles. The highest BCUT2D eigenvalue weighted by Crippen LogP contribution is 2.30. The fraction of sp³-hybridized carbons (Fsp3) is 0. The van der Waals surface area contributed by atoms with Crippen molar-refractivity contribution < 1.29 is 18.6 Å². The standard InChI is InChI=1S/C6H4BrFN2O2.C6H5FN2O2/c7-4-1-3(8)2-5(6(4)9)10(11)12;7-4-1-2-5(8)6(3-4)9(10)11/h1-2H,9H2;1-3H,8H2. The van der Waals surface area contributed by atoms with Gasteiger partial charge in [-0.15, -0.1) is 0 Å². The number of nitro groups is 2. The Labute approximate surface area is 136 Å². The topological polar surface area (TPSA) is 138 Å². The van der Waals surface area contributed by atoms with E-state index in [0.29, 0.717) is 0 Å². The van der Waals surface area contributed by atoms with E-state index in [4.69, 9.17) is 11.5 Å². The number of benzene rings is 2. The van der Waals surface area contributed by atoms with Crippen molar-refractivity contribution in [1.82, 2.24) is 0 Å². The van der Waals surface area contributed by atoms with Gasteiger partial charge in [0.2, 0.25) is 0 Å². The van der Waals surface area contributed by atoms with E-state index in [-0.39, 0.29) is 15.8 Å². The Bertz CT molecular complexity index is 773. The Morgan fingerprint density at radius 3 is 1.91 bits per heavy atom. The molecule has 0 heterocycles. The average Bonchev–Trinajstić information content (AvgIpc) is 2.45. The Kier molecular flexibility index (Phi) is 5.90. The van der Waals surface area contributed by atoms with Gasteiger partial charge in [-0.2, -0.15) is 0 Å². The molecule has 23 heavy (non-hydrogen) atoms. The van der Waals surface area contributed by atoms with Crippen LogP contribution in [0.1, 0.15) is 0 Å². The highest BCUT2D eigenvalue weighted by Gasteiger charge is 2.15. The summed E-state index contributed by atoms with van der Waals surface area (Å²) >= 11 is 2.90. The highest BCUT2D eigenvalue weighted by atomic mass is 79.9. The third-order valence-electron chi connectivity index (χ3n) is 2.46. The summed E-state index contributed by atoms with van der Waals surface area (Å²) in [5.41, 5.74) is 9.55. The van der Waals surface area contributed by atoms with Gasteiger partial charge in [0.15, 0.2) is 0 Å². The van der Waals surface area contributed by atoms with Crippen LogP contribution in [0.4, 0.5) is 31.5 Å². The zero-order chi connectivity index (χ0) is 17.7. The van der Waals surface area contributed by atoms with Crippen LogP contribution in [0.15, 0.2) is 34.8 Å². The lowest BCUT2D eigenvalue weighted by Crippen LogP contribution is -1.97.